The van der Waals surface area contributed by atoms with Gasteiger partial charge in [0, 0.05) is 27.7 Å². The molecule has 0 saturated heterocycles. The number of carbonyl (C=O) groups excluding carboxylic acids is 2. The average Bonchev–Trinajstić information content (AvgIpc) is 3.27. The zero-order valence-electron chi connectivity index (χ0n) is 22.3. The van der Waals surface area contributed by atoms with Gasteiger partial charge in [0.2, 0.25) is 0 Å². The summed E-state index contributed by atoms with van der Waals surface area (Å²) < 4.78 is 0. The molecule has 5 N–H and O–H groups in total. The highest BCUT2D eigenvalue weighted by atomic mass is 16.3. The topological polar surface area (TPSA) is 111 Å². The van der Waals surface area contributed by atoms with Crippen LogP contribution in [0.3, 0.4) is 0 Å². The second-order valence-corrected chi connectivity index (χ2v) is 10.7. The molecular weight excluding hydrogens is 488 g/mol. The van der Waals surface area contributed by atoms with Crippen molar-refractivity contribution >= 4 is 45.0 Å². The molecule has 1 aliphatic heterocycles. The maximum absolute atomic E-state index is 13.6. The highest BCUT2D eigenvalue weighted by Crippen LogP contribution is 2.41. The first-order valence-corrected chi connectivity index (χ1v) is 13.0. The minimum absolute atomic E-state index is 0.0578. The molecule has 6 rings (SSSR count). The summed E-state index contributed by atoms with van der Waals surface area (Å²) in [6, 6.07) is 22.9. The monoisotopic (exact) mass is 518 g/mol. The lowest BCUT2D eigenvalue weighted by Gasteiger charge is -2.37. The molecule has 5 aromatic rings. The number of nitrogens with one attached hydrogen (secondary N) is 2. The molecule has 0 saturated carbocycles. The predicted molar refractivity (Wildman–Crippen MR) is 156 cm³/mol. The Labute approximate surface area is 226 Å². The summed E-state index contributed by atoms with van der Waals surface area (Å²) in [6.07, 6.45) is -0.244. The number of H-pyrrole nitrogens is 1. The molecule has 0 radical (unpaired) electrons. The number of aromatic amines is 1. The molecule has 7 nitrogen and oxygen atoms in total. The van der Waals surface area contributed by atoms with Gasteiger partial charge in [0.15, 0.2) is 0 Å². The van der Waals surface area contributed by atoms with Crippen molar-refractivity contribution in [3.05, 3.63) is 95.1 Å². The Morgan fingerprint density at radius 1 is 0.974 bits per heavy atom. The Bertz CT molecular complexity index is 1810. The van der Waals surface area contributed by atoms with Gasteiger partial charge in [-0.25, -0.2) is 0 Å². The van der Waals surface area contributed by atoms with Gasteiger partial charge in [0.1, 0.15) is 6.17 Å². The first-order valence-electron chi connectivity index (χ1n) is 13.0. The van der Waals surface area contributed by atoms with Gasteiger partial charge in [-0.2, -0.15) is 0 Å². The van der Waals surface area contributed by atoms with Crippen molar-refractivity contribution in [3.63, 3.8) is 0 Å². The van der Waals surface area contributed by atoms with Crippen LogP contribution >= 0.6 is 0 Å². The molecule has 0 fully saturated rings. The molecule has 1 atom stereocenters. The van der Waals surface area contributed by atoms with Gasteiger partial charge < -0.3 is 21.1 Å². The molecule has 0 aliphatic carbocycles. The first kappa shape index (κ1) is 24.7. The average molecular weight is 519 g/mol. The van der Waals surface area contributed by atoms with Crippen molar-refractivity contribution in [2.45, 2.75) is 39.5 Å². The number of aliphatic hydroxyl groups is 1. The lowest BCUT2D eigenvalue weighted by Crippen LogP contribution is -2.47. The van der Waals surface area contributed by atoms with Crippen LogP contribution in [0.5, 0.6) is 0 Å². The van der Waals surface area contributed by atoms with Crippen LogP contribution in [0.25, 0.3) is 32.9 Å². The number of hydrogen-bond acceptors (Lipinski definition) is 4. The fourth-order valence-electron chi connectivity index (χ4n) is 5.71. The van der Waals surface area contributed by atoms with E-state index in [1.165, 1.54) is 0 Å². The third kappa shape index (κ3) is 3.85. The van der Waals surface area contributed by atoms with E-state index >= 15 is 0 Å². The highest BCUT2D eigenvalue weighted by Gasteiger charge is 2.32. The highest BCUT2D eigenvalue weighted by molar-refractivity contribution is 6.20. The fraction of sp³-hybridized carbons (Fsp3) is 0.188. The van der Waals surface area contributed by atoms with Crippen LogP contribution < -0.4 is 16.0 Å². The summed E-state index contributed by atoms with van der Waals surface area (Å²) in [7, 11) is 0. The molecule has 1 aromatic heterocycles. The summed E-state index contributed by atoms with van der Waals surface area (Å²) >= 11 is 0. The Balaban J connectivity index is 1.57. The Morgan fingerprint density at radius 2 is 1.72 bits per heavy atom. The molecule has 2 heterocycles. The number of benzene rings is 4. The van der Waals surface area contributed by atoms with Crippen LogP contribution in [0.15, 0.2) is 72.8 Å². The molecule has 196 valence electrons. The molecule has 2 amide bonds. The second-order valence-electron chi connectivity index (χ2n) is 10.7. The fourth-order valence-corrected chi connectivity index (χ4v) is 5.71. The molecule has 0 bridgehead atoms. The quantitative estimate of drug-likeness (QED) is 0.232. The SMILES string of the molecule is Cc1c(-c2ccc(C(N)=O)c3[nH]c4cc(C(C)(C)O)ccc4c23)cccc1N1C(=O)c2ccccc2NC1C. The number of rotatable bonds is 4. The van der Waals surface area contributed by atoms with Crippen molar-refractivity contribution in [1.82, 2.24) is 4.98 Å². The van der Waals surface area contributed by atoms with E-state index in [1.54, 1.807) is 24.8 Å². The minimum Gasteiger partial charge on any atom is -0.386 e. The lowest BCUT2D eigenvalue weighted by molar-refractivity contribution is 0.0787. The van der Waals surface area contributed by atoms with Gasteiger partial charge in [0.05, 0.1) is 22.2 Å². The smallest absolute Gasteiger partial charge is 0.262 e. The largest absolute Gasteiger partial charge is 0.386 e. The number of amides is 2. The number of carbonyl (C=O) groups is 2. The Kier molecular flexibility index (Phi) is 5.52. The van der Waals surface area contributed by atoms with E-state index in [1.807, 2.05) is 80.6 Å². The van der Waals surface area contributed by atoms with E-state index < -0.39 is 11.5 Å². The Hall–Kier alpha value is -4.62. The number of hydrogen-bond donors (Lipinski definition) is 4. The van der Waals surface area contributed by atoms with Crippen LogP contribution in [-0.4, -0.2) is 28.1 Å². The zero-order valence-corrected chi connectivity index (χ0v) is 22.3. The van der Waals surface area contributed by atoms with Crippen LogP contribution in [0.2, 0.25) is 0 Å². The van der Waals surface area contributed by atoms with Crippen LogP contribution in [0, 0.1) is 6.92 Å². The first-order chi connectivity index (χ1) is 18.6. The van der Waals surface area contributed by atoms with Crippen molar-refractivity contribution in [3.8, 4) is 11.1 Å². The van der Waals surface area contributed by atoms with Gasteiger partial charge in [0.25, 0.3) is 11.8 Å². The third-order valence-electron chi connectivity index (χ3n) is 7.71. The van der Waals surface area contributed by atoms with Gasteiger partial charge in [-0.15, -0.1) is 0 Å². The number of aromatic nitrogens is 1. The maximum Gasteiger partial charge on any atom is 0.262 e. The van der Waals surface area contributed by atoms with Crippen molar-refractivity contribution < 1.29 is 14.7 Å². The summed E-state index contributed by atoms with van der Waals surface area (Å²) in [5.74, 6) is -0.582. The van der Waals surface area contributed by atoms with Gasteiger partial charge >= 0.3 is 0 Å². The molecule has 1 aliphatic rings. The molecular formula is C32H30N4O3. The second kappa shape index (κ2) is 8.71. The number of primary amides is 1. The minimum atomic E-state index is -1.02. The lowest BCUT2D eigenvalue weighted by atomic mass is 9.92. The molecule has 7 heteroatoms. The molecule has 4 aromatic carbocycles. The summed E-state index contributed by atoms with van der Waals surface area (Å²) in [5.41, 5.74) is 12.4. The van der Waals surface area contributed by atoms with Gasteiger partial charge in [-0.3, -0.25) is 14.5 Å². The standard InChI is InChI=1S/C32H30N4O3/c1-17-20(9-7-11-27(17)36-18(2)34-25-10-6-5-8-23(25)31(36)38)21-14-15-24(30(33)37)29-28(21)22-13-12-19(32(3,4)39)16-26(22)35-29/h5-16,18,34-35,39H,1-4H3,(H2,33,37). The number of nitrogens with zero attached hydrogens (tertiary/aromatic N) is 1. The summed E-state index contributed by atoms with van der Waals surface area (Å²) in [4.78, 5) is 31.2. The van der Waals surface area contributed by atoms with Gasteiger partial charge in [-0.05, 0) is 80.3 Å². The van der Waals surface area contributed by atoms with Crippen LogP contribution in [-0.2, 0) is 5.60 Å². The number of para-hydroxylation sites is 1. The summed E-state index contributed by atoms with van der Waals surface area (Å²) in [6.45, 7) is 7.46. The van der Waals surface area contributed by atoms with E-state index in [-0.39, 0.29) is 12.1 Å². The van der Waals surface area contributed by atoms with Crippen LogP contribution in [0.4, 0.5) is 11.4 Å². The Morgan fingerprint density at radius 3 is 2.46 bits per heavy atom. The molecule has 1 unspecified atom stereocenters. The molecule has 39 heavy (non-hydrogen) atoms. The van der Waals surface area contributed by atoms with E-state index in [0.29, 0.717) is 16.6 Å². The van der Waals surface area contributed by atoms with Gasteiger partial charge in [-0.1, -0.05) is 42.5 Å². The van der Waals surface area contributed by atoms with E-state index in [9.17, 15) is 14.7 Å². The van der Waals surface area contributed by atoms with Crippen molar-refractivity contribution in [2.24, 2.45) is 5.73 Å². The summed E-state index contributed by atoms with van der Waals surface area (Å²) in [5, 5.41) is 15.8. The predicted octanol–water partition coefficient (Wildman–Crippen LogP) is 6.04. The van der Waals surface area contributed by atoms with Crippen molar-refractivity contribution in [1.29, 1.82) is 0 Å². The van der Waals surface area contributed by atoms with Crippen molar-refractivity contribution in [2.75, 3.05) is 10.2 Å². The maximum atomic E-state index is 13.6. The van der Waals surface area contributed by atoms with Crippen LogP contribution in [0.1, 0.15) is 52.6 Å². The normalized spacial score (nSPS) is 15.5. The van der Waals surface area contributed by atoms with E-state index in [2.05, 4.69) is 10.3 Å². The van der Waals surface area contributed by atoms with E-state index in [4.69, 9.17) is 5.73 Å². The number of nitrogens with two attached hydrogens (primary N) is 1. The zero-order chi connectivity index (χ0) is 27.6. The molecule has 0 spiro atoms. The number of fused-ring (bicyclic) bond motifs is 4. The third-order valence-corrected chi connectivity index (χ3v) is 7.71. The number of anilines is 2. The van der Waals surface area contributed by atoms with E-state index in [0.717, 1.165) is 49.9 Å².